The summed E-state index contributed by atoms with van der Waals surface area (Å²) in [6, 6.07) is 0. The van der Waals surface area contributed by atoms with E-state index in [0.29, 0.717) is 32.1 Å². The Morgan fingerprint density at radius 1 is 0.264 bits per heavy atom. The second-order valence-electron chi connectivity index (χ2n) is 25.5. The quantitative estimate of drug-likeness (QED) is 0.0169. The Bertz CT molecular complexity index is 3050. The van der Waals surface area contributed by atoms with Crippen LogP contribution in [0.25, 0.3) is 0 Å². The fraction of sp³-hybridized carbons (Fsp3) is 0.516. The van der Waals surface area contributed by atoms with E-state index < -0.39 is 97.5 Å². The molecule has 0 aromatic carbocycles. The monoisotopic (exact) mass is 1560 g/mol. The normalized spacial score (nSPS) is 15.1. The number of hydrogen-bond donors (Lipinski definition) is 3. The molecule has 614 valence electrons. The van der Waals surface area contributed by atoms with Gasteiger partial charge >= 0.3 is 39.5 Å². The Morgan fingerprint density at radius 3 is 0.818 bits per heavy atom. The van der Waals surface area contributed by atoms with Gasteiger partial charge in [0.15, 0.2) is 12.2 Å². The van der Waals surface area contributed by atoms with Crippen molar-refractivity contribution in [2.24, 2.45) is 0 Å². The van der Waals surface area contributed by atoms with Crippen molar-refractivity contribution >= 4 is 39.5 Å². The average Bonchev–Trinajstić information content (AvgIpc) is 0.899. The fourth-order valence-corrected chi connectivity index (χ4v) is 11.0. The van der Waals surface area contributed by atoms with E-state index in [-0.39, 0.29) is 25.7 Å². The third-order valence-electron chi connectivity index (χ3n) is 15.3. The van der Waals surface area contributed by atoms with Crippen LogP contribution >= 0.6 is 15.6 Å². The molecule has 17 nitrogen and oxygen atoms in total. The largest absolute Gasteiger partial charge is 0.472 e. The first-order valence-corrected chi connectivity index (χ1v) is 43.3. The molecule has 0 fully saturated rings. The maximum absolute atomic E-state index is 13.1. The zero-order valence-electron chi connectivity index (χ0n) is 67.1. The lowest BCUT2D eigenvalue weighted by atomic mass is 10.1. The minimum absolute atomic E-state index is 0.00449. The zero-order valence-corrected chi connectivity index (χ0v) is 68.9. The number of carbonyl (C=O) groups is 4. The van der Waals surface area contributed by atoms with Crippen LogP contribution in [0, 0.1) is 0 Å². The van der Waals surface area contributed by atoms with Crippen LogP contribution in [0.4, 0.5) is 0 Å². The zero-order chi connectivity index (χ0) is 80.3. The van der Waals surface area contributed by atoms with E-state index in [2.05, 4.69) is 228 Å². The molecular formula is C91H138O17P2. The molecule has 0 aromatic heterocycles. The molecule has 0 aromatic rings. The first-order chi connectivity index (χ1) is 53.7. The molecular weight excluding hydrogens is 1430 g/mol. The predicted octanol–water partition coefficient (Wildman–Crippen LogP) is 24.0. The minimum atomic E-state index is -5.04. The van der Waals surface area contributed by atoms with Crippen LogP contribution in [0.15, 0.2) is 243 Å². The number of esters is 4. The molecule has 5 atom stereocenters. The van der Waals surface area contributed by atoms with E-state index in [0.717, 1.165) is 161 Å². The molecule has 19 heteroatoms. The number of aliphatic hydroxyl groups is 1. The number of allylic oxidation sites excluding steroid dienone is 39. The summed E-state index contributed by atoms with van der Waals surface area (Å²) in [7, 11) is -10.1. The number of unbranched alkanes of at least 4 members (excludes halogenated alkanes) is 7. The number of carbonyl (C=O) groups excluding carboxylic acids is 4. The third-order valence-corrected chi connectivity index (χ3v) is 17.2. The van der Waals surface area contributed by atoms with Crippen molar-refractivity contribution < 1.29 is 80.2 Å². The summed E-state index contributed by atoms with van der Waals surface area (Å²) in [5.41, 5.74) is 0. The van der Waals surface area contributed by atoms with E-state index in [1.54, 1.807) is 12.2 Å². The van der Waals surface area contributed by atoms with Crippen molar-refractivity contribution in [1.82, 2.24) is 0 Å². The van der Waals surface area contributed by atoms with Crippen LogP contribution in [0.2, 0.25) is 0 Å². The summed E-state index contributed by atoms with van der Waals surface area (Å²) >= 11 is 0. The summed E-state index contributed by atoms with van der Waals surface area (Å²) in [6.07, 6.45) is 105. The van der Waals surface area contributed by atoms with Crippen molar-refractivity contribution in [3.8, 4) is 0 Å². The van der Waals surface area contributed by atoms with Gasteiger partial charge in [-0.15, -0.1) is 0 Å². The maximum atomic E-state index is 13.1. The highest BCUT2D eigenvalue weighted by atomic mass is 31.2. The van der Waals surface area contributed by atoms with Crippen LogP contribution in [-0.4, -0.2) is 96.7 Å². The molecule has 0 spiro atoms. The second kappa shape index (κ2) is 79.9. The topological polar surface area (TPSA) is 237 Å². The predicted molar refractivity (Wildman–Crippen MR) is 454 cm³/mol. The Balaban J connectivity index is 5.59. The molecule has 0 saturated heterocycles. The highest BCUT2D eigenvalue weighted by molar-refractivity contribution is 7.47. The van der Waals surface area contributed by atoms with E-state index >= 15 is 0 Å². The van der Waals surface area contributed by atoms with E-state index in [9.17, 15) is 43.2 Å². The Kier molecular flexibility index (Phi) is 74.7. The number of rotatable bonds is 72. The second-order valence-corrected chi connectivity index (χ2v) is 28.4. The minimum Gasteiger partial charge on any atom is -0.462 e. The van der Waals surface area contributed by atoms with E-state index in [1.807, 2.05) is 30.4 Å². The smallest absolute Gasteiger partial charge is 0.462 e. The molecule has 3 N–H and O–H groups in total. The third kappa shape index (κ3) is 79.0. The number of ether oxygens (including phenoxy) is 4. The molecule has 0 amide bonds. The van der Waals surface area contributed by atoms with Gasteiger partial charge in [0, 0.05) is 19.3 Å². The molecule has 0 saturated carbocycles. The van der Waals surface area contributed by atoms with Crippen LogP contribution < -0.4 is 0 Å². The van der Waals surface area contributed by atoms with Crippen molar-refractivity contribution in [2.45, 2.75) is 264 Å². The van der Waals surface area contributed by atoms with Gasteiger partial charge in [-0.2, -0.15) is 0 Å². The van der Waals surface area contributed by atoms with Crippen molar-refractivity contribution in [1.29, 1.82) is 0 Å². The molecule has 5 unspecified atom stereocenters. The number of aliphatic hydroxyl groups excluding tert-OH is 1. The van der Waals surface area contributed by atoms with Gasteiger partial charge in [-0.3, -0.25) is 37.3 Å². The summed E-state index contributed by atoms with van der Waals surface area (Å²) in [6.45, 7) is 4.09. The first-order valence-electron chi connectivity index (χ1n) is 40.3. The summed E-state index contributed by atoms with van der Waals surface area (Å²) in [5, 5.41) is 10.7. The maximum Gasteiger partial charge on any atom is 0.472 e. The van der Waals surface area contributed by atoms with Gasteiger partial charge in [0.05, 0.1) is 32.8 Å². The molecule has 0 aliphatic heterocycles. The standard InChI is InChI=1S/C91H138O17P2/c1-5-9-13-17-21-25-29-33-37-40-42-45-48-51-55-59-63-67-71-75-88(93)101-81-86(107-90(95)77-73-69-65-61-57-53-47-36-32-28-24-20-16-12-8-4)83-105-109(97,98)103-79-85(92)80-104-110(99,100)106-84-87(108-91(96)78-74-70-66-62-58-54-50-44-39-35-31-27-23-19-15-11-7-3)82-102-89(94)76-72-68-64-60-56-52-49-46-43-41-38-34-30-26-22-18-14-10-6-2/h9-16,21-28,33-39,42-43,45-47,50-52,54-57,61,63,67,69,73,85-87,92H,5-8,17-20,29-32,40-41,44,48-49,53,58-60,62,64-66,68,70-72,74-84H2,1-4H3,(H,97,98)(H,99,100)/b13-9-,14-10-,15-11-,16-12-,25-21-,26-22-,27-23-,28-24-,37-33-,38-34-,39-35-,45-42-,46-43-,47-36-,54-50-,55-51-,56-52-,61-57-,67-63-,73-69-. The van der Waals surface area contributed by atoms with Crippen LogP contribution in [0.3, 0.4) is 0 Å². The number of hydrogen-bond acceptors (Lipinski definition) is 15. The highest BCUT2D eigenvalue weighted by Gasteiger charge is 2.30. The molecule has 110 heavy (non-hydrogen) atoms. The van der Waals surface area contributed by atoms with Gasteiger partial charge in [-0.05, 0) is 173 Å². The highest BCUT2D eigenvalue weighted by Crippen LogP contribution is 2.45. The SMILES string of the molecule is CC/C=C\C/C=C\C/C=C\C/C=C\C/C=C\C/C=C\CCC(=O)OCC(COP(=O)(O)OCC(O)COP(=O)(O)OCC(COC(=O)CCCCC/C=C\C/C=C\C/C=C\C/C=C\C/C=C\CC)OC(=O)CCCCCC/C=C\C/C=C\C/C=C\C/C=C\CC)OC(=O)C/C=C\C/C=C\C/C=C\C/C=C\C/C=C\CC. The summed E-state index contributed by atoms with van der Waals surface area (Å²) in [5.74, 6) is -2.52. The van der Waals surface area contributed by atoms with Crippen LogP contribution in [0.1, 0.15) is 246 Å². The average molecular weight is 1570 g/mol. The Morgan fingerprint density at radius 2 is 0.500 bits per heavy atom. The van der Waals surface area contributed by atoms with Gasteiger partial charge in [-0.1, -0.05) is 290 Å². The van der Waals surface area contributed by atoms with Gasteiger partial charge in [0.2, 0.25) is 0 Å². The van der Waals surface area contributed by atoms with Gasteiger partial charge in [0.1, 0.15) is 19.3 Å². The van der Waals surface area contributed by atoms with Gasteiger partial charge < -0.3 is 33.8 Å². The number of phosphoric acid groups is 2. The molecule has 0 aliphatic rings. The van der Waals surface area contributed by atoms with Gasteiger partial charge in [-0.25, -0.2) is 9.13 Å². The van der Waals surface area contributed by atoms with E-state index in [4.69, 9.17) is 37.0 Å². The molecule has 0 heterocycles. The van der Waals surface area contributed by atoms with Crippen molar-refractivity contribution in [2.75, 3.05) is 39.6 Å². The molecule has 0 radical (unpaired) electrons. The summed E-state index contributed by atoms with van der Waals surface area (Å²) < 4.78 is 68.4. The lowest BCUT2D eigenvalue weighted by Gasteiger charge is -2.21. The summed E-state index contributed by atoms with van der Waals surface area (Å²) in [4.78, 5) is 73.0. The fourth-order valence-electron chi connectivity index (χ4n) is 9.40. The van der Waals surface area contributed by atoms with Crippen molar-refractivity contribution in [3.63, 3.8) is 0 Å². The van der Waals surface area contributed by atoms with Crippen molar-refractivity contribution in [3.05, 3.63) is 243 Å². The molecule has 0 bridgehead atoms. The Hall–Kier alpha value is -7.14. The van der Waals surface area contributed by atoms with E-state index in [1.165, 1.54) is 0 Å². The number of phosphoric ester groups is 2. The molecule has 0 rings (SSSR count). The lowest BCUT2D eigenvalue weighted by Crippen LogP contribution is -2.30. The Labute approximate surface area is 663 Å². The lowest BCUT2D eigenvalue weighted by molar-refractivity contribution is -0.161. The molecule has 0 aliphatic carbocycles. The van der Waals surface area contributed by atoms with Crippen LogP contribution in [-0.2, 0) is 65.4 Å². The van der Waals surface area contributed by atoms with Crippen LogP contribution in [0.5, 0.6) is 0 Å². The van der Waals surface area contributed by atoms with Gasteiger partial charge in [0.25, 0.3) is 0 Å². The first kappa shape index (κ1) is 103.